The van der Waals surface area contributed by atoms with E-state index >= 15 is 0 Å². The van der Waals surface area contributed by atoms with Crippen molar-refractivity contribution in [2.45, 2.75) is 32.9 Å². The molecule has 1 saturated heterocycles. The molecule has 1 atom stereocenters. The fourth-order valence-corrected chi connectivity index (χ4v) is 4.36. The highest BCUT2D eigenvalue weighted by Gasteiger charge is 2.47. The topological polar surface area (TPSA) is 76.1 Å². The summed E-state index contributed by atoms with van der Waals surface area (Å²) in [6.45, 7) is 6.18. The molecule has 0 saturated carbocycles. The largest absolute Gasteiger partial charge is 0.507 e. The van der Waals surface area contributed by atoms with Crippen LogP contribution in [0.2, 0.25) is 0 Å². The number of Topliss-reactive ketones (excluding diaryl/α,β-unsaturated/α-hetero) is 1. The summed E-state index contributed by atoms with van der Waals surface area (Å²) in [7, 11) is 0. The Labute approximate surface area is 212 Å². The van der Waals surface area contributed by atoms with E-state index in [4.69, 9.17) is 9.47 Å². The zero-order valence-corrected chi connectivity index (χ0v) is 21.3. The van der Waals surface area contributed by atoms with E-state index in [2.05, 4.69) is 15.9 Å². The van der Waals surface area contributed by atoms with Gasteiger partial charge in [0.25, 0.3) is 11.7 Å². The van der Waals surface area contributed by atoms with Crippen molar-refractivity contribution in [2.75, 3.05) is 11.5 Å². The van der Waals surface area contributed by atoms with Crippen molar-refractivity contribution in [2.24, 2.45) is 0 Å². The second-order valence-corrected chi connectivity index (χ2v) is 9.26. The minimum absolute atomic E-state index is 0.0147. The van der Waals surface area contributed by atoms with E-state index in [0.717, 1.165) is 4.47 Å². The van der Waals surface area contributed by atoms with E-state index in [0.29, 0.717) is 34.9 Å². The van der Waals surface area contributed by atoms with Crippen molar-refractivity contribution in [1.82, 2.24) is 0 Å². The maximum absolute atomic E-state index is 13.4. The molecule has 0 spiro atoms. The Balaban J connectivity index is 1.92. The smallest absolute Gasteiger partial charge is 0.300 e. The summed E-state index contributed by atoms with van der Waals surface area (Å²) < 4.78 is 12.3. The molecule has 1 heterocycles. The third kappa shape index (κ3) is 5.10. The van der Waals surface area contributed by atoms with E-state index in [9.17, 15) is 14.7 Å². The number of ether oxygens (including phenoxy) is 2. The van der Waals surface area contributed by atoms with Crippen molar-refractivity contribution >= 4 is 39.1 Å². The van der Waals surface area contributed by atoms with Gasteiger partial charge in [0.05, 0.1) is 24.3 Å². The number of halogens is 1. The number of ketones is 1. The molecule has 3 aromatic rings. The molecule has 3 aromatic carbocycles. The number of rotatable bonds is 7. The molecule has 6 nitrogen and oxygen atoms in total. The number of anilines is 1. The molecule has 1 fully saturated rings. The zero-order chi connectivity index (χ0) is 25.1. The Kier molecular flexibility index (Phi) is 7.26. The average Bonchev–Trinajstić information content (AvgIpc) is 3.10. The molecule has 0 bridgehead atoms. The zero-order valence-electron chi connectivity index (χ0n) is 19.7. The van der Waals surface area contributed by atoms with E-state index in [-0.39, 0.29) is 17.4 Å². The quantitative estimate of drug-likeness (QED) is 0.219. The number of hydrogen-bond donors (Lipinski definition) is 1. The van der Waals surface area contributed by atoms with Gasteiger partial charge in [0, 0.05) is 21.8 Å². The first-order valence-corrected chi connectivity index (χ1v) is 12.2. The Bertz CT molecular complexity index is 1280. The fraction of sp³-hybridized carbons (Fsp3) is 0.214. The molecule has 0 radical (unpaired) electrons. The first-order chi connectivity index (χ1) is 16.8. The maximum atomic E-state index is 13.4. The van der Waals surface area contributed by atoms with Gasteiger partial charge < -0.3 is 14.6 Å². The maximum Gasteiger partial charge on any atom is 0.300 e. The van der Waals surface area contributed by atoms with Crippen LogP contribution in [0.1, 0.15) is 37.9 Å². The number of hydrogen-bond acceptors (Lipinski definition) is 5. The van der Waals surface area contributed by atoms with Crippen LogP contribution in [-0.4, -0.2) is 29.5 Å². The number of amides is 1. The first-order valence-electron chi connectivity index (χ1n) is 11.4. The molecular formula is C28H26BrNO5. The molecule has 180 valence electrons. The van der Waals surface area contributed by atoms with Crippen molar-refractivity contribution < 1.29 is 24.2 Å². The summed E-state index contributed by atoms with van der Waals surface area (Å²) in [5.41, 5.74) is 1.59. The van der Waals surface area contributed by atoms with Crippen molar-refractivity contribution in [3.05, 3.63) is 94.0 Å². The summed E-state index contributed by atoms with van der Waals surface area (Å²) in [4.78, 5) is 28.1. The van der Waals surface area contributed by atoms with E-state index in [1.54, 1.807) is 54.6 Å². The minimum atomic E-state index is -0.855. The summed E-state index contributed by atoms with van der Waals surface area (Å²) in [6.07, 6.45) is -0.0535. The normalized spacial score (nSPS) is 17.2. The van der Waals surface area contributed by atoms with Crippen molar-refractivity contribution in [3.8, 4) is 11.5 Å². The standard InChI is InChI=1S/C28H26BrNO5/c1-4-34-22-9-6-8-21(16-22)30-25(19-7-5-10-23(15-19)35-17(2)3)24(27(32)28(30)33)26(31)18-11-13-20(29)14-12-18/h5-17,25,31H,4H2,1-3H3/b26-24+. The number of aliphatic hydroxyl groups excluding tert-OH is 1. The van der Waals surface area contributed by atoms with Gasteiger partial charge in [-0.1, -0.05) is 46.3 Å². The van der Waals surface area contributed by atoms with Crippen LogP contribution in [-0.2, 0) is 9.59 Å². The summed E-state index contributed by atoms with van der Waals surface area (Å²) in [5, 5.41) is 11.3. The second-order valence-electron chi connectivity index (χ2n) is 8.35. The van der Waals surface area contributed by atoms with Crippen molar-refractivity contribution in [1.29, 1.82) is 0 Å². The predicted octanol–water partition coefficient (Wildman–Crippen LogP) is 6.26. The number of benzene rings is 3. The van der Waals surface area contributed by atoms with Crippen LogP contribution in [0.4, 0.5) is 5.69 Å². The van der Waals surface area contributed by atoms with Crippen LogP contribution in [0.15, 0.2) is 82.8 Å². The third-order valence-electron chi connectivity index (χ3n) is 5.51. The van der Waals surface area contributed by atoms with E-state index < -0.39 is 17.7 Å². The SMILES string of the molecule is CCOc1cccc(N2C(=O)C(=O)/C(=C(/O)c3ccc(Br)cc3)C2c2cccc(OC(C)C)c2)c1. The lowest BCUT2D eigenvalue weighted by Crippen LogP contribution is -2.29. The number of carbonyl (C=O) groups is 2. The molecule has 1 aliphatic rings. The van der Waals surface area contributed by atoms with Gasteiger partial charge in [0.1, 0.15) is 17.3 Å². The highest BCUT2D eigenvalue weighted by Crippen LogP contribution is 2.43. The fourth-order valence-electron chi connectivity index (χ4n) is 4.10. The Morgan fingerprint density at radius 1 is 1.00 bits per heavy atom. The Morgan fingerprint density at radius 3 is 2.37 bits per heavy atom. The Hall–Kier alpha value is -3.58. The molecule has 1 aliphatic heterocycles. The van der Waals surface area contributed by atoms with Gasteiger partial charge in [-0.25, -0.2) is 0 Å². The number of aliphatic hydroxyl groups is 1. The number of nitrogens with zero attached hydrogens (tertiary/aromatic N) is 1. The first kappa shape index (κ1) is 24.5. The molecular weight excluding hydrogens is 510 g/mol. The molecule has 7 heteroatoms. The lowest BCUT2D eigenvalue weighted by atomic mass is 9.95. The lowest BCUT2D eigenvalue weighted by molar-refractivity contribution is -0.132. The van der Waals surface area contributed by atoms with Gasteiger partial charge >= 0.3 is 0 Å². The Morgan fingerprint density at radius 2 is 1.69 bits per heavy atom. The molecule has 1 unspecified atom stereocenters. The second kappa shape index (κ2) is 10.4. The highest BCUT2D eigenvalue weighted by atomic mass is 79.9. The molecule has 0 aromatic heterocycles. The van der Waals surface area contributed by atoms with Gasteiger partial charge in [0.2, 0.25) is 0 Å². The average molecular weight is 536 g/mol. The molecule has 1 amide bonds. The summed E-state index contributed by atoms with van der Waals surface area (Å²) in [6, 6.07) is 20.3. The van der Waals surface area contributed by atoms with Gasteiger partial charge in [-0.15, -0.1) is 0 Å². The molecule has 1 N–H and O–H groups in total. The van der Waals surface area contributed by atoms with Gasteiger partial charge in [-0.2, -0.15) is 0 Å². The van der Waals surface area contributed by atoms with Crippen LogP contribution >= 0.6 is 15.9 Å². The highest BCUT2D eigenvalue weighted by molar-refractivity contribution is 9.10. The van der Waals surface area contributed by atoms with Crippen molar-refractivity contribution in [3.63, 3.8) is 0 Å². The molecule has 4 rings (SSSR count). The molecule has 0 aliphatic carbocycles. The van der Waals surface area contributed by atoms with Crippen LogP contribution < -0.4 is 14.4 Å². The van der Waals surface area contributed by atoms with Gasteiger partial charge in [-0.3, -0.25) is 14.5 Å². The van der Waals surface area contributed by atoms with E-state index in [1.165, 1.54) is 4.90 Å². The van der Waals surface area contributed by atoms with Crippen LogP contribution in [0.25, 0.3) is 5.76 Å². The minimum Gasteiger partial charge on any atom is -0.507 e. The third-order valence-corrected chi connectivity index (χ3v) is 6.04. The summed E-state index contributed by atoms with van der Waals surface area (Å²) >= 11 is 3.38. The van der Waals surface area contributed by atoms with Crippen LogP contribution in [0.5, 0.6) is 11.5 Å². The number of carbonyl (C=O) groups excluding carboxylic acids is 2. The van der Waals surface area contributed by atoms with Crippen LogP contribution in [0.3, 0.4) is 0 Å². The predicted molar refractivity (Wildman–Crippen MR) is 139 cm³/mol. The van der Waals surface area contributed by atoms with Gasteiger partial charge in [-0.05, 0) is 62.7 Å². The lowest BCUT2D eigenvalue weighted by Gasteiger charge is -2.26. The van der Waals surface area contributed by atoms with E-state index in [1.807, 2.05) is 39.0 Å². The summed E-state index contributed by atoms with van der Waals surface area (Å²) in [5.74, 6) is -0.533. The van der Waals surface area contributed by atoms with Crippen LogP contribution in [0, 0.1) is 0 Å². The monoisotopic (exact) mass is 535 g/mol. The molecule has 35 heavy (non-hydrogen) atoms. The van der Waals surface area contributed by atoms with Gasteiger partial charge in [0.15, 0.2) is 0 Å².